The molecule has 44 heavy (non-hydrogen) atoms. The second-order valence-corrected chi connectivity index (χ2v) is 15.9. The third-order valence-electron chi connectivity index (χ3n) is 8.67. The Morgan fingerprint density at radius 2 is 1.73 bits per heavy atom. The minimum absolute atomic E-state index is 0.0218. The highest BCUT2D eigenvalue weighted by molar-refractivity contribution is 7.93. The summed E-state index contributed by atoms with van der Waals surface area (Å²) in [6.07, 6.45) is -2.19. The van der Waals surface area contributed by atoms with E-state index in [1.807, 2.05) is 0 Å². The van der Waals surface area contributed by atoms with Gasteiger partial charge in [0.25, 0.3) is 15.9 Å². The summed E-state index contributed by atoms with van der Waals surface area (Å²) in [5, 5.41) is 2.33. The number of fused-ring (bicyclic) bond motifs is 2. The largest absolute Gasteiger partial charge is 0.417 e. The molecule has 3 aliphatic rings. The highest BCUT2D eigenvalue weighted by Crippen LogP contribution is 2.59. The molecule has 0 bridgehead atoms. The van der Waals surface area contributed by atoms with Crippen LogP contribution in [0.25, 0.3) is 0 Å². The SMILES string of the molecule is O=C(NCc1ncc(C(F)(F)F)cc1Cl)c1ccc2c(c1)C1(CCS(=O)(=O)CC1)[C@@H](C1CC1)N2S(=O)(=O)c1ccc(F)cc1. The molecule has 1 saturated heterocycles. The number of hydrogen-bond donors (Lipinski definition) is 1. The first-order chi connectivity index (χ1) is 20.6. The van der Waals surface area contributed by atoms with E-state index >= 15 is 0 Å². The topological polar surface area (TPSA) is 114 Å². The van der Waals surface area contributed by atoms with E-state index in [0.29, 0.717) is 17.4 Å². The number of sulfone groups is 1. The summed E-state index contributed by atoms with van der Waals surface area (Å²) in [7, 11) is -7.56. The maximum Gasteiger partial charge on any atom is 0.417 e. The molecule has 1 amide bonds. The smallest absolute Gasteiger partial charge is 0.346 e. The summed E-state index contributed by atoms with van der Waals surface area (Å²) in [6.45, 7) is -0.272. The Balaban J connectivity index is 1.37. The van der Waals surface area contributed by atoms with Gasteiger partial charge in [0.1, 0.15) is 15.7 Å². The number of rotatable bonds is 6. The first-order valence-corrected chi connectivity index (χ1v) is 17.4. The first kappa shape index (κ1) is 30.8. The number of benzene rings is 2. The number of alkyl halides is 3. The average molecular weight is 672 g/mol. The minimum Gasteiger partial charge on any atom is -0.346 e. The van der Waals surface area contributed by atoms with Crippen molar-refractivity contribution in [2.45, 2.75) is 54.8 Å². The number of aromatic nitrogens is 1. The van der Waals surface area contributed by atoms with E-state index in [4.69, 9.17) is 11.6 Å². The fourth-order valence-corrected chi connectivity index (χ4v) is 9.93. The summed E-state index contributed by atoms with van der Waals surface area (Å²) < 4.78 is 107. The molecule has 2 fully saturated rings. The molecule has 234 valence electrons. The van der Waals surface area contributed by atoms with Gasteiger partial charge in [0.05, 0.1) is 51.0 Å². The third-order valence-corrected chi connectivity index (χ3v) is 12.5. The van der Waals surface area contributed by atoms with Crippen LogP contribution < -0.4 is 9.62 Å². The van der Waals surface area contributed by atoms with Crippen LogP contribution in [0.3, 0.4) is 0 Å². The molecule has 15 heteroatoms. The van der Waals surface area contributed by atoms with E-state index in [1.54, 1.807) is 6.07 Å². The quantitative estimate of drug-likeness (QED) is 0.358. The molecule has 3 heterocycles. The number of pyridine rings is 1. The number of anilines is 1. The van der Waals surface area contributed by atoms with Gasteiger partial charge in [-0.15, -0.1) is 0 Å². The van der Waals surface area contributed by atoms with Gasteiger partial charge in [0.2, 0.25) is 0 Å². The summed E-state index contributed by atoms with van der Waals surface area (Å²) in [6, 6.07) is 9.14. The van der Waals surface area contributed by atoms with Gasteiger partial charge in [-0.05, 0) is 85.7 Å². The number of halogens is 5. The maximum absolute atomic E-state index is 14.1. The van der Waals surface area contributed by atoms with Gasteiger partial charge in [-0.2, -0.15) is 13.2 Å². The Morgan fingerprint density at radius 3 is 2.32 bits per heavy atom. The molecule has 1 aliphatic carbocycles. The van der Waals surface area contributed by atoms with Crippen molar-refractivity contribution in [3.8, 4) is 0 Å². The lowest BCUT2D eigenvalue weighted by Crippen LogP contribution is -2.52. The molecule has 2 aromatic carbocycles. The molecule has 0 radical (unpaired) electrons. The van der Waals surface area contributed by atoms with Gasteiger partial charge >= 0.3 is 6.18 Å². The fraction of sp³-hybridized carbons (Fsp3) is 0.379. The van der Waals surface area contributed by atoms with Crippen molar-refractivity contribution >= 4 is 43.1 Å². The highest BCUT2D eigenvalue weighted by atomic mass is 35.5. The van der Waals surface area contributed by atoms with E-state index in [-0.39, 0.29) is 58.0 Å². The molecule has 1 saturated carbocycles. The predicted molar refractivity (Wildman–Crippen MR) is 154 cm³/mol. The van der Waals surface area contributed by atoms with Gasteiger partial charge in [-0.25, -0.2) is 21.2 Å². The minimum atomic E-state index is -4.63. The molecule has 3 aromatic rings. The van der Waals surface area contributed by atoms with Crippen molar-refractivity contribution in [1.29, 1.82) is 0 Å². The second-order valence-electron chi connectivity index (χ2n) is 11.4. The van der Waals surface area contributed by atoms with Crippen molar-refractivity contribution in [2.24, 2.45) is 5.92 Å². The summed E-state index contributed by atoms with van der Waals surface area (Å²) in [4.78, 5) is 16.9. The van der Waals surface area contributed by atoms with Crippen molar-refractivity contribution in [3.05, 3.63) is 88.0 Å². The van der Waals surface area contributed by atoms with Crippen LogP contribution in [-0.2, 0) is 38.0 Å². The zero-order valence-electron chi connectivity index (χ0n) is 22.9. The van der Waals surface area contributed by atoms with Gasteiger partial charge in [0, 0.05) is 17.2 Å². The first-order valence-electron chi connectivity index (χ1n) is 13.8. The Morgan fingerprint density at radius 1 is 1.07 bits per heavy atom. The van der Waals surface area contributed by atoms with Crippen molar-refractivity contribution in [2.75, 3.05) is 15.8 Å². The molecule has 2 aliphatic heterocycles. The number of nitrogens with one attached hydrogen (secondary N) is 1. The number of hydrogen-bond acceptors (Lipinski definition) is 6. The zero-order valence-corrected chi connectivity index (χ0v) is 25.3. The van der Waals surface area contributed by atoms with E-state index < -0.39 is 54.8 Å². The zero-order chi connectivity index (χ0) is 31.7. The predicted octanol–water partition coefficient (Wildman–Crippen LogP) is 5.26. The molecule has 1 N–H and O–H groups in total. The van der Waals surface area contributed by atoms with E-state index in [0.717, 1.165) is 31.0 Å². The summed E-state index contributed by atoms with van der Waals surface area (Å²) in [5.74, 6) is -1.53. The molecule has 1 atom stereocenters. The van der Waals surface area contributed by atoms with Crippen LogP contribution >= 0.6 is 11.6 Å². The summed E-state index contributed by atoms with van der Waals surface area (Å²) in [5.41, 5.74) is -0.878. The lowest BCUT2D eigenvalue weighted by molar-refractivity contribution is -0.137. The second kappa shape index (κ2) is 10.7. The Labute approximate surface area is 256 Å². The standard InChI is InChI=1S/C29H26ClF4N3O5S2/c30-23-14-19(29(32,33)34)15-35-24(23)16-36-27(38)18-3-8-25-22(13-18)28(9-11-43(39,40)12-10-28)26(17-1-2-17)37(25)44(41,42)21-6-4-20(31)5-7-21/h3-8,13-15,17,26H,1-2,9-12,16H2,(H,36,38)/t26-/m1/s1. The van der Waals surface area contributed by atoms with Gasteiger partial charge < -0.3 is 5.32 Å². The van der Waals surface area contributed by atoms with Crippen LogP contribution in [0.2, 0.25) is 5.02 Å². The number of carbonyl (C=O) groups excluding carboxylic acids is 1. The van der Waals surface area contributed by atoms with Gasteiger partial charge in [-0.3, -0.25) is 14.1 Å². The monoisotopic (exact) mass is 671 g/mol. The van der Waals surface area contributed by atoms with Crippen molar-refractivity contribution < 1.29 is 39.2 Å². The molecule has 0 unspecified atom stereocenters. The lowest BCUT2D eigenvalue weighted by Gasteiger charge is -2.41. The molecular formula is C29H26ClF4N3O5S2. The summed E-state index contributed by atoms with van der Waals surface area (Å²) >= 11 is 5.99. The number of amides is 1. The maximum atomic E-state index is 14.1. The van der Waals surface area contributed by atoms with Crippen molar-refractivity contribution in [3.63, 3.8) is 0 Å². The molecule has 1 aromatic heterocycles. The van der Waals surface area contributed by atoms with Crippen LogP contribution in [0.1, 0.15) is 52.9 Å². The van der Waals surface area contributed by atoms with E-state index in [1.165, 1.54) is 28.6 Å². The van der Waals surface area contributed by atoms with Crippen LogP contribution in [0.15, 0.2) is 59.6 Å². The van der Waals surface area contributed by atoms with Crippen LogP contribution in [0.4, 0.5) is 23.2 Å². The average Bonchev–Trinajstić information content (AvgIpc) is 3.76. The fourth-order valence-electron chi connectivity index (χ4n) is 6.34. The van der Waals surface area contributed by atoms with Crippen molar-refractivity contribution in [1.82, 2.24) is 10.3 Å². The Bertz CT molecular complexity index is 1850. The number of sulfonamides is 1. The lowest BCUT2D eigenvalue weighted by atomic mass is 9.70. The Kier molecular flexibility index (Phi) is 7.48. The molecule has 8 nitrogen and oxygen atoms in total. The van der Waals surface area contributed by atoms with E-state index in [9.17, 15) is 39.2 Å². The molecule has 6 rings (SSSR count). The Hall–Kier alpha value is -3.23. The van der Waals surface area contributed by atoms with Crippen LogP contribution in [-0.4, -0.2) is 45.3 Å². The third kappa shape index (κ3) is 5.45. The molecular weight excluding hydrogens is 646 g/mol. The highest BCUT2D eigenvalue weighted by Gasteiger charge is 2.60. The normalized spacial score (nSPS) is 20.8. The number of carbonyl (C=O) groups is 1. The number of nitrogens with zero attached hydrogens (tertiary/aromatic N) is 2. The van der Waals surface area contributed by atoms with E-state index in [2.05, 4.69) is 10.3 Å². The van der Waals surface area contributed by atoms with Gasteiger partial charge in [0.15, 0.2) is 0 Å². The van der Waals surface area contributed by atoms with Gasteiger partial charge in [-0.1, -0.05) is 11.6 Å². The van der Waals surface area contributed by atoms with Crippen LogP contribution in [0.5, 0.6) is 0 Å². The van der Waals surface area contributed by atoms with Crippen LogP contribution in [0, 0.1) is 11.7 Å². The molecule has 1 spiro atoms.